The second-order valence-electron chi connectivity index (χ2n) is 30.4. The van der Waals surface area contributed by atoms with Crippen molar-refractivity contribution in [2.75, 3.05) is 39.6 Å². The molecule has 0 aliphatic rings. The molecule has 0 amide bonds. The van der Waals surface area contributed by atoms with E-state index in [1.165, 1.54) is 199 Å². The molecule has 5 unspecified atom stereocenters. The van der Waals surface area contributed by atoms with Crippen molar-refractivity contribution >= 4 is 33.6 Å². The number of carbonyl (C=O) groups is 3. The number of hydrogen-bond acceptors (Lipinski definition) is 14. The number of hydrogen-bond donors (Lipinski definition) is 4. The normalized spacial score (nSPS) is 14.4. The summed E-state index contributed by atoms with van der Waals surface area (Å²) >= 11 is 0. The Morgan fingerprint density at radius 3 is 0.779 bits per heavy atom. The van der Waals surface area contributed by atoms with Crippen LogP contribution in [0.5, 0.6) is 0 Å². The van der Waals surface area contributed by atoms with Crippen molar-refractivity contribution in [3.05, 3.63) is 134 Å². The van der Waals surface area contributed by atoms with Crippen LogP contribution in [0.4, 0.5) is 0 Å². The Hall–Kier alpha value is -4.31. The third-order valence-corrected chi connectivity index (χ3v) is 21.2. The van der Waals surface area contributed by atoms with Gasteiger partial charge in [-0.3, -0.25) is 32.5 Å². The highest BCUT2D eigenvalue weighted by molar-refractivity contribution is 7.47. The van der Waals surface area contributed by atoms with Gasteiger partial charge in [0.15, 0.2) is 6.10 Å². The fourth-order valence-corrected chi connectivity index (χ4v) is 14.0. The minimum absolute atomic E-state index is 0.0948. The molecule has 0 aliphatic carbocycles. The van der Waals surface area contributed by atoms with Gasteiger partial charge in [0.05, 0.1) is 26.4 Å². The van der Waals surface area contributed by atoms with Crippen molar-refractivity contribution in [3.63, 3.8) is 0 Å². The molecule has 0 rings (SSSR count). The second-order valence-corrected chi connectivity index (χ2v) is 33.3. The molecular formula is C95H166O16P2. The van der Waals surface area contributed by atoms with Gasteiger partial charge in [0.1, 0.15) is 25.4 Å². The molecule has 0 fully saturated rings. The number of esters is 3. The predicted molar refractivity (Wildman–Crippen MR) is 473 cm³/mol. The minimum atomic E-state index is -4.93. The Balaban J connectivity index is 4.32. The third kappa shape index (κ3) is 88.3. The number of ether oxygens (including phenoxy) is 3. The van der Waals surface area contributed by atoms with E-state index in [9.17, 15) is 43.5 Å². The summed E-state index contributed by atoms with van der Waals surface area (Å²) < 4.78 is 61.3. The molecule has 5 atom stereocenters. The SMILES string of the molecule is CC/C=C\C/C=C\C/C=C\C/C=C\C/C=C\C/C=C\CCCCCCCCCCCCCCCCCCC(=O)OCC(O)COP(=O)(O)OCC(O)COP(=O)(O)OCC(COC(=O)CCCCCCCCCCCCCCCCC/C=C\C/C=C\C/C=C\C/C=C\CCCCC)OC(=O)CCCCCCC/C=C\CCCC. The summed E-state index contributed by atoms with van der Waals surface area (Å²) in [6, 6.07) is 0. The fraction of sp³-hybridized carbons (Fsp3) is 0.737. The van der Waals surface area contributed by atoms with Crippen molar-refractivity contribution < 1.29 is 75.8 Å². The minimum Gasteiger partial charge on any atom is -0.463 e. The van der Waals surface area contributed by atoms with Crippen LogP contribution in [0, 0.1) is 0 Å². The summed E-state index contributed by atoms with van der Waals surface area (Å²) in [5.41, 5.74) is 0. The van der Waals surface area contributed by atoms with Crippen LogP contribution in [0.25, 0.3) is 0 Å². The number of rotatable bonds is 86. The van der Waals surface area contributed by atoms with E-state index >= 15 is 0 Å². The quantitative estimate of drug-likeness (QED) is 0.0146. The smallest absolute Gasteiger partial charge is 0.463 e. The molecule has 652 valence electrons. The van der Waals surface area contributed by atoms with Crippen LogP contribution >= 0.6 is 15.6 Å². The largest absolute Gasteiger partial charge is 0.472 e. The zero-order valence-corrected chi connectivity index (χ0v) is 73.6. The van der Waals surface area contributed by atoms with E-state index in [-0.39, 0.29) is 19.3 Å². The maximum atomic E-state index is 13.0. The highest BCUT2D eigenvalue weighted by atomic mass is 31.2. The highest BCUT2D eigenvalue weighted by Gasteiger charge is 2.29. The lowest BCUT2D eigenvalue weighted by Crippen LogP contribution is -2.30. The second kappa shape index (κ2) is 87.0. The number of aliphatic hydroxyl groups excluding tert-OH is 2. The van der Waals surface area contributed by atoms with Crippen LogP contribution in [-0.4, -0.2) is 95.9 Å². The number of phosphoric acid groups is 2. The van der Waals surface area contributed by atoms with Crippen molar-refractivity contribution in [1.82, 2.24) is 0 Å². The molecule has 0 aliphatic heterocycles. The topological polar surface area (TPSA) is 231 Å². The number of carbonyl (C=O) groups excluding carboxylic acids is 3. The molecule has 4 N–H and O–H groups in total. The summed E-state index contributed by atoms with van der Waals surface area (Å²) in [4.78, 5) is 58.7. The van der Waals surface area contributed by atoms with Gasteiger partial charge in [-0.05, 0) is 135 Å². The molecule has 0 heterocycles. The molecule has 0 radical (unpaired) electrons. The lowest BCUT2D eigenvalue weighted by Gasteiger charge is -2.21. The first-order chi connectivity index (χ1) is 55.2. The van der Waals surface area contributed by atoms with Gasteiger partial charge in [-0.2, -0.15) is 0 Å². The van der Waals surface area contributed by atoms with E-state index in [2.05, 4.69) is 154 Å². The summed E-state index contributed by atoms with van der Waals surface area (Å²) in [5, 5.41) is 20.7. The lowest BCUT2D eigenvalue weighted by atomic mass is 10.0. The van der Waals surface area contributed by atoms with Gasteiger partial charge in [-0.1, -0.05) is 373 Å². The number of aliphatic hydroxyl groups is 2. The Morgan fingerprint density at radius 1 is 0.257 bits per heavy atom. The molecule has 16 nitrogen and oxygen atoms in total. The Bertz CT molecular complexity index is 2580. The summed E-state index contributed by atoms with van der Waals surface area (Å²) in [6.07, 6.45) is 108. The van der Waals surface area contributed by atoms with Crippen molar-refractivity contribution in [1.29, 1.82) is 0 Å². The van der Waals surface area contributed by atoms with Crippen LogP contribution in [0.1, 0.15) is 393 Å². The van der Waals surface area contributed by atoms with E-state index in [1.54, 1.807) is 0 Å². The Morgan fingerprint density at radius 2 is 0.478 bits per heavy atom. The van der Waals surface area contributed by atoms with Crippen LogP contribution in [0.2, 0.25) is 0 Å². The summed E-state index contributed by atoms with van der Waals surface area (Å²) in [5.74, 6) is -1.57. The van der Waals surface area contributed by atoms with E-state index < -0.39 is 91.5 Å². The summed E-state index contributed by atoms with van der Waals surface area (Å²) in [7, 11) is -9.79. The van der Waals surface area contributed by atoms with Crippen LogP contribution in [-0.2, 0) is 55.8 Å². The lowest BCUT2D eigenvalue weighted by molar-refractivity contribution is -0.161. The van der Waals surface area contributed by atoms with Gasteiger partial charge >= 0.3 is 33.6 Å². The Labute approximate surface area is 690 Å². The molecule has 0 saturated carbocycles. The molecule has 113 heavy (non-hydrogen) atoms. The monoisotopic (exact) mass is 1630 g/mol. The molecule has 18 heteroatoms. The van der Waals surface area contributed by atoms with Gasteiger partial charge in [-0.15, -0.1) is 0 Å². The molecule has 0 aromatic heterocycles. The number of allylic oxidation sites excluding steroid dienone is 22. The molecular weight excluding hydrogens is 1460 g/mol. The number of unbranched alkanes of at least 4 members (excludes halogenated alkanes) is 41. The van der Waals surface area contributed by atoms with E-state index in [0.717, 1.165) is 135 Å². The van der Waals surface area contributed by atoms with E-state index in [4.69, 9.17) is 32.3 Å². The van der Waals surface area contributed by atoms with Crippen molar-refractivity contribution in [2.45, 2.75) is 411 Å². The average Bonchev–Trinajstić information content (AvgIpc) is 0.901. The summed E-state index contributed by atoms with van der Waals surface area (Å²) in [6.45, 7) is 2.53. The zero-order chi connectivity index (χ0) is 82.2. The van der Waals surface area contributed by atoms with E-state index in [0.29, 0.717) is 19.3 Å². The van der Waals surface area contributed by atoms with Crippen LogP contribution in [0.3, 0.4) is 0 Å². The van der Waals surface area contributed by atoms with Gasteiger partial charge in [0.2, 0.25) is 0 Å². The molecule has 0 saturated heterocycles. The predicted octanol–water partition coefficient (Wildman–Crippen LogP) is 27.8. The Kier molecular flexibility index (Phi) is 83.7. The maximum Gasteiger partial charge on any atom is 0.472 e. The highest BCUT2D eigenvalue weighted by Crippen LogP contribution is 2.45. The van der Waals surface area contributed by atoms with Gasteiger partial charge < -0.3 is 34.2 Å². The fourth-order valence-electron chi connectivity index (χ4n) is 12.4. The van der Waals surface area contributed by atoms with Crippen molar-refractivity contribution in [3.8, 4) is 0 Å². The average molecular weight is 1630 g/mol. The van der Waals surface area contributed by atoms with Crippen LogP contribution < -0.4 is 0 Å². The molecule has 0 bridgehead atoms. The van der Waals surface area contributed by atoms with Crippen molar-refractivity contribution in [2.24, 2.45) is 0 Å². The standard InChI is InChI=1S/C95H166O16P2/c1-4-7-10-13-16-19-22-24-26-28-30-32-34-36-38-40-42-43-44-45-47-49-50-52-54-56-58-60-62-64-67-69-72-75-78-81-93(98)105-84-90(96)85-107-112(101,102)108-86-91(97)87-109-113(103,104)110-89-92(111-95(100)83-80-77-74-71-66-21-18-15-12-9-6-3)88-106-94(99)82-79-76-73-70-68-65-63-61-59-57-55-53-51-48-46-41-39-37-35-33-31-29-27-25-23-20-17-14-11-8-5-2/h7,10,15-20,24-27,30-33,36-39,42-43,90-92,96-97H,4-6,8-9,11-14,21-23,28-29,34-35,40-41,44-89H2,1-3H3,(H,101,102)(H,103,104)/b10-7-,18-15-,19-16-,20-17-,26-24-,27-25-,32-30-,33-31-,38-36-,39-37-,43-42-. The van der Waals surface area contributed by atoms with Crippen LogP contribution in [0.15, 0.2) is 134 Å². The van der Waals surface area contributed by atoms with Gasteiger partial charge in [0.25, 0.3) is 0 Å². The third-order valence-electron chi connectivity index (χ3n) is 19.3. The molecule has 0 aromatic carbocycles. The maximum absolute atomic E-state index is 13.0. The molecule has 0 spiro atoms. The first kappa shape index (κ1) is 109. The van der Waals surface area contributed by atoms with Gasteiger partial charge in [0, 0.05) is 19.3 Å². The number of phosphoric ester groups is 2. The zero-order valence-electron chi connectivity index (χ0n) is 71.8. The van der Waals surface area contributed by atoms with Gasteiger partial charge in [-0.25, -0.2) is 9.13 Å². The van der Waals surface area contributed by atoms with E-state index in [1.807, 2.05) is 0 Å². The molecule has 0 aromatic rings. The first-order valence-electron chi connectivity index (χ1n) is 45.5. The first-order valence-corrected chi connectivity index (χ1v) is 48.5.